The van der Waals surface area contributed by atoms with Gasteiger partial charge in [0.15, 0.2) is 6.17 Å². The highest BCUT2D eigenvalue weighted by molar-refractivity contribution is 5.85. The average Bonchev–Trinajstić information content (AvgIpc) is 2.70. The summed E-state index contributed by atoms with van der Waals surface area (Å²) in [5.41, 5.74) is 0.551. The van der Waals surface area contributed by atoms with Crippen molar-refractivity contribution < 1.29 is 23.4 Å². The summed E-state index contributed by atoms with van der Waals surface area (Å²) in [6, 6.07) is 17.6. The van der Waals surface area contributed by atoms with Gasteiger partial charge in [-0.2, -0.15) is 13.2 Å². The molecule has 0 aliphatic heterocycles. The molecule has 0 saturated heterocycles. The SMILES string of the molecule is Oc1ccccc1/C=N/C(/N=C/c1ccccc1O)c1ccc(C(F)(F)F)cc1. The Bertz CT molecular complexity index is 973. The number of para-hydroxylation sites is 2. The number of aromatic hydroxyl groups is 2. The number of phenols is 2. The fourth-order valence-corrected chi connectivity index (χ4v) is 2.55. The third kappa shape index (κ3) is 5.22. The van der Waals surface area contributed by atoms with Crippen LogP contribution in [-0.4, -0.2) is 22.6 Å². The van der Waals surface area contributed by atoms with E-state index >= 15 is 0 Å². The largest absolute Gasteiger partial charge is 0.507 e. The van der Waals surface area contributed by atoms with Crippen molar-refractivity contribution in [3.63, 3.8) is 0 Å². The molecule has 0 amide bonds. The Hall–Kier alpha value is -3.61. The number of rotatable bonds is 5. The van der Waals surface area contributed by atoms with Gasteiger partial charge in [0, 0.05) is 23.6 Å². The molecule has 3 rings (SSSR count). The first kappa shape index (κ1) is 20.1. The standard InChI is InChI=1S/C22H17F3N2O2/c23-22(24,25)18-11-9-15(10-12-18)21(26-13-16-5-1-3-7-19(16)28)27-14-17-6-2-4-8-20(17)29/h1-14,21,28-29H/b26-13+,27-14+. The molecule has 2 N–H and O–H groups in total. The fraction of sp³-hybridized carbons (Fsp3) is 0.0909. The fourth-order valence-electron chi connectivity index (χ4n) is 2.55. The van der Waals surface area contributed by atoms with E-state index in [9.17, 15) is 23.4 Å². The minimum atomic E-state index is -4.44. The molecule has 0 saturated carbocycles. The second-order valence-corrected chi connectivity index (χ2v) is 6.17. The van der Waals surface area contributed by atoms with Crippen LogP contribution in [0.2, 0.25) is 0 Å². The first-order valence-electron chi connectivity index (χ1n) is 8.64. The summed E-state index contributed by atoms with van der Waals surface area (Å²) >= 11 is 0. The minimum absolute atomic E-state index is 0.0205. The van der Waals surface area contributed by atoms with E-state index in [4.69, 9.17) is 0 Å². The smallest absolute Gasteiger partial charge is 0.416 e. The van der Waals surface area contributed by atoms with Crippen LogP contribution in [-0.2, 0) is 6.18 Å². The van der Waals surface area contributed by atoms with E-state index in [0.717, 1.165) is 12.1 Å². The van der Waals surface area contributed by atoms with Gasteiger partial charge in [0.2, 0.25) is 0 Å². The van der Waals surface area contributed by atoms with Crippen LogP contribution in [0.3, 0.4) is 0 Å². The zero-order valence-electron chi connectivity index (χ0n) is 15.1. The lowest BCUT2D eigenvalue weighted by molar-refractivity contribution is -0.137. The van der Waals surface area contributed by atoms with Crippen molar-refractivity contribution in [2.24, 2.45) is 9.98 Å². The van der Waals surface area contributed by atoms with Crippen LogP contribution < -0.4 is 0 Å². The zero-order chi connectivity index (χ0) is 20.9. The Balaban J connectivity index is 1.95. The minimum Gasteiger partial charge on any atom is -0.507 e. The molecule has 0 aliphatic carbocycles. The number of benzene rings is 3. The molecule has 0 heterocycles. The maximum atomic E-state index is 12.8. The van der Waals surface area contributed by atoms with Crippen LogP contribution >= 0.6 is 0 Å². The van der Waals surface area contributed by atoms with Crippen LogP contribution in [0, 0.1) is 0 Å². The second-order valence-electron chi connectivity index (χ2n) is 6.17. The number of hydrogen-bond donors (Lipinski definition) is 2. The van der Waals surface area contributed by atoms with Crippen molar-refractivity contribution >= 4 is 12.4 Å². The van der Waals surface area contributed by atoms with Crippen molar-refractivity contribution in [1.82, 2.24) is 0 Å². The van der Waals surface area contributed by atoms with Crippen LogP contribution in [0.4, 0.5) is 13.2 Å². The first-order valence-corrected chi connectivity index (χ1v) is 8.64. The van der Waals surface area contributed by atoms with Gasteiger partial charge < -0.3 is 10.2 Å². The van der Waals surface area contributed by atoms with Crippen molar-refractivity contribution in [2.45, 2.75) is 12.3 Å². The molecule has 7 heteroatoms. The second kappa shape index (κ2) is 8.60. The molecular formula is C22H17F3N2O2. The molecule has 4 nitrogen and oxygen atoms in total. The number of halogens is 3. The van der Waals surface area contributed by atoms with Crippen LogP contribution in [0.1, 0.15) is 28.4 Å². The molecule has 0 spiro atoms. The van der Waals surface area contributed by atoms with E-state index in [1.165, 1.54) is 36.7 Å². The Labute approximate surface area is 165 Å². The lowest BCUT2D eigenvalue weighted by atomic mass is 10.1. The van der Waals surface area contributed by atoms with Crippen LogP contribution in [0.25, 0.3) is 0 Å². The molecule has 3 aromatic rings. The Morgan fingerprint density at radius 2 is 1.14 bits per heavy atom. The van der Waals surface area contributed by atoms with Gasteiger partial charge in [-0.25, -0.2) is 0 Å². The van der Waals surface area contributed by atoms with Crippen molar-refractivity contribution in [3.8, 4) is 11.5 Å². The van der Waals surface area contributed by atoms with Gasteiger partial charge in [0.1, 0.15) is 11.5 Å². The third-order valence-corrected chi connectivity index (χ3v) is 4.12. The lowest BCUT2D eigenvalue weighted by Gasteiger charge is -2.11. The van der Waals surface area contributed by atoms with E-state index < -0.39 is 17.9 Å². The molecule has 0 atom stereocenters. The molecule has 0 radical (unpaired) electrons. The van der Waals surface area contributed by atoms with E-state index in [2.05, 4.69) is 9.98 Å². The van der Waals surface area contributed by atoms with Gasteiger partial charge in [-0.1, -0.05) is 36.4 Å². The summed E-state index contributed by atoms with van der Waals surface area (Å²) in [4.78, 5) is 8.63. The maximum absolute atomic E-state index is 12.8. The highest BCUT2D eigenvalue weighted by Crippen LogP contribution is 2.31. The summed E-state index contributed by atoms with van der Waals surface area (Å²) in [7, 11) is 0. The Morgan fingerprint density at radius 3 is 1.55 bits per heavy atom. The number of aliphatic imine (C=N–C) groups is 2. The Morgan fingerprint density at radius 1 is 0.690 bits per heavy atom. The maximum Gasteiger partial charge on any atom is 0.416 e. The summed E-state index contributed by atoms with van der Waals surface area (Å²) in [6.07, 6.45) is -2.50. The van der Waals surface area contributed by atoms with Crippen molar-refractivity contribution in [2.75, 3.05) is 0 Å². The van der Waals surface area contributed by atoms with E-state index in [0.29, 0.717) is 16.7 Å². The molecule has 0 bridgehead atoms. The summed E-state index contributed by atoms with van der Waals surface area (Å²) in [5, 5.41) is 19.8. The van der Waals surface area contributed by atoms with E-state index in [-0.39, 0.29) is 11.5 Å². The average molecular weight is 398 g/mol. The molecule has 0 aromatic heterocycles. The summed E-state index contributed by atoms with van der Waals surface area (Å²) < 4.78 is 38.5. The predicted octanol–water partition coefficient (Wildman–Crippen LogP) is 5.35. The molecular weight excluding hydrogens is 381 g/mol. The molecule has 148 valence electrons. The molecule has 0 aliphatic rings. The quantitative estimate of drug-likeness (QED) is 0.569. The highest BCUT2D eigenvalue weighted by Gasteiger charge is 2.30. The van der Waals surface area contributed by atoms with Gasteiger partial charge in [-0.3, -0.25) is 9.98 Å². The summed E-state index contributed by atoms with van der Waals surface area (Å²) in [5.74, 6) is 0.0409. The van der Waals surface area contributed by atoms with Crippen molar-refractivity contribution in [3.05, 3.63) is 95.1 Å². The molecule has 29 heavy (non-hydrogen) atoms. The zero-order valence-corrected chi connectivity index (χ0v) is 15.1. The topological polar surface area (TPSA) is 65.2 Å². The van der Waals surface area contributed by atoms with Gasteiger partial charge in [-0.05, 0) is 42.0 Å². The van der Waals surface area contributed by atoms with E-state index in [1.54, 1.807) is 36.4 Å². The molecule has 3 aromatic carbocycles. The van der Waals surface area contributed by atoms with Gasteiger partial charge in [0.05, 0.1) is 5.56 Å². The number of hydrogen-bond acceptors (Lipinski definition) is 4. The first-order chi connectivity index (χ1) is 13.8. The lowest BCUT2D eigenvalue weighted by Crippen LogP contribution is -2.05. The molecule has 0 unspecified atom stereocenters. The van der Waals surface area contributed by atoms with Gasteiger partial charge in [0.25, 0.3) is 0 Å². The predicted molar refractivity (Wildman–Crippen MR) is 106 cm³/mol. The van der Waals surface area contributed by atoms with E-state index in [1.807, 2.05) is 0 Å². The normalized spacial score (nSPS) is 12.3. The van der Waals surface area contributed by atoms with Crippen molar-refractivity contribution in [1.29, 1.82) is 0 Å². The van der Waals surface area contributed by atoms with Gasteiger partial charge >= 0.3 is 6.18 Å². The number of nitrogens with zero attached hydrogens (tertiary/aromatic N) is 2. The van der Waals surface area contributed by atoms with Crippen LogP contribution in [0.15, 0.2) is 82.8 Å². The molecule has 0 fully saturated rings. The Kier molecular flexibility index (Phi) is 5.97. The van der Waals surface area contributed by atoms with Crippen LogP contribution in [0.5, 0.6) is 11.5 Å². The number of alkyl halides is 3. The highest BCUT2D eigenvalue weighted by atomic mass is 19.4. The van der Waals surface area contributed by atoms with Gasteiger partial charge in [-0.15, -0.1) is 0 Å². The third-order valence-electron chi connectivity index (χ3n) is 4.12. The monoisotopic (exact) mass is 398 g/mol. The number of phenolic OH excluding ortho intramolecular Hbond substituents is 2. The summed E-state index contributed by atoms with van der Waals surface area (Å²) in [6.45, 7) is 0.